The highest BCUT2D eigenvalue weighted by molar-refractivity contribution is 6.30. The van der Waals surface area contributed by atoms with Gasteiger partial charge in [-0.15, -0.1) is 0 Å². The second-order valence-electron chi connectivity index (χ2n) is 5.55. The zero-order valence-corrected chi connectivity index (χ0v) is 13.2. The van der Waals surface area contributed by atoms with Crippen LogP contribution in [0.5, 0.6) is 0 Å². The fraction of sp³-hybridized carbons (Fsp3) is 0.353. The average Bonchev–Trinajstić information content (AvgIpc) is 2.91. The Balaban J connectivity index is 2.13. The maximum atomic E-state index is 12.1. The van der Waals surface area contributed by atoms with Crippen LogP contribution < -0.4 is 5.32 Å². The highest BCUT2D eigenvalue weighted by Crippen LogP contribution is 2.24. The second-order valence-corrected chi connectivity index (χ2v) is 5.99. The molecule has 0 aliphatic rings. The second kappa shape index (κ2) is 7.32. The summed E-state index contributed by atoms with van der Waals surface area (Å²) in [5.74, 6) is 0.213. The molecule has 1 atom stereocenters. The van der Waals surface area contributed by atoms with E-state index in [0.717, 1.165) is 12.1 Å². The van der Waals surface area contributed by atoms with Gasteiger partial charge in [0.1, 0.15) is 0 Å². The fourth-order valence-corrected chi connectivity index (χ4v) is 2.50. The van der Waals surface area contributed by atoms with Crippen LogP contribution >= 0.6 is 11.6 Å². The van der Waals surface area contributed by atoms with Gasteiger partial charge in [-0.2, -0.15) is 0 Å². The lowest BCUT2D eigenvalue weighted by Gasteiger charge is -2.19. The SMILES string of the molecule is CC(C)NC(=O)CC(Cn1cccc1)c1ccc(Cl)cc1. The van der Waals surface area contributed by atoms with Crippen LogP contribution in [-0.2, 0) is 11.3 Å². The zero-order chi connectivity index (χ0) is 15.2. The standard InChI is InChI=1S/C17H21ClN2O/c1-13(2)19-17(21)11-15(12-20-9-3-4-10-20)14-5-7-16(18)8-6-14/h3-10,13,15H,11-12H2,1-2H3,(H,19,21). The molecular formula is C17H21ClN2O. The van der Waals surface area contributed by atoms with Crippen molar-refractivity contribution in [3.8, 4) is 0 Å². The molecule has 1 aromatic heterocycles. The largest absolute Gasteiger partial charge is 0.354 e. The van der Waals surface area contributed by atoms with E-state index in [-0.39, 0.29) is 17.9 Å². The molecule has 2 rings (SSSR count). The van der Waals surface area contributed by atoms with Crippen molar-refractivity contribution in [3.63, 3.8) is 0 Å². The Morgan fingerprint density at radius 1 is 1.19 bits per heavy atom. The van der Waals surface area contributed by atoms with Gasteiger partial charge < -0.3 is 9.88 Å². The van der Waals surface area contributed by atoms with Crippen LogP contribution in [0, 0.1) is 0 Å². The van der Waals surface area contributed by atoms with Crippen molar-refractivity contribution in [1.82, 2.24) is 9.88 Å². The van der Waals surface area contributed by atoms with Crippen LogP contribution in [-0.4, -0.2) is 16.5 Å². The van der Waals surface area contributed by atoms with E-state index in [9.17, 15) is 4.79 Å². The number of rotatable bonds is 6. The zero-order valence-electron chi connectivity index (χ0n) is 12.4. The minimum atomic E-state index is 0.0807. The number of carbonyl (C=O) groups is 1. The molecule has 0 aliphatic heterocycles. The molecule has 0 radical (unpaired) electrons. The number of aromatic nitrogens is 1. The van der Waals surface area contributed by atoms with E-state index in [2.05, 4.69) is 9.88 Å². The third-order valence-corrected chi connectivity index (χ3v) is 3.57. The van der Waals surface area contributed by atoms with E-state index in [1.54, 1.807) is 0 Å². The highest BCUT2D eigenvalue weighted by atomic mass is 35.5. The molecule has 1 amide bonds. The number of benzene rings is 1. The normalized spacial score (nSPS) is 12.4. The van der Waals surface area contributed by atoms with E-state index in [4.69, 9.17) is 11.6 Å². The molecule has 0 aliphatic carbocycles. The number of amides is 1. The Labute approximate surface area is 130 Å². The van der Waals surface area contributed by atoms with Gasteiger partial charge in [-0.25, -0.2) is 0 Å². The predicted molar refractivity (Wildman–Crippen MR) is 86.5 cm³/mol. The van der Waals surface area contributed by atoms with Crippen molar-refractivity contribution < 1.29 is 4.79 Å². The number of halogens is 1. The first-order valence-electron chi connectivity index (χ1n) is 7.20. The van der Waals surface area contributed by atoms with Crippen LogP contribution in [0.15, 0.2) is 48.8 Å². The Bertz CT molecular complexity index is 561. The number of hydrogen-bond donors (Lipinski definition) is 1. The summed E-state index contributed by atoms with van der Waals surface area (Å²) in [5, 5.41) is 3.67. The van der Waals surface area contributed by atoms with Gasteiger partial charge >= 0.3 is 0 Å². The van der Waals surface area contributed by atoms with Crippen molar-refractivity contribution in [3.05, 3.63) is 59.4 Å². The summed E-state index contributed by atoms with van der Waals surface area (Å²) in [6, 6.07) is 11.9. The molecule has 1 heterocycles. The first-order valence-corrected chi connectivity index (χ1v) is 7.58. The molecule has 0 saturated carbocycles. The van der Waals surface area contributed by atoms with Gasteiger partial charge in [0.15, 0.2) is 0 Å². The van der Waals surface area contributed by atoms with Gasteiger partial charge in [-0.1, -0.05) is 23.7 Å². The van der Waals surface area contributed by atoms with Crippen molar-refractivity contribution in [2.75, 3.05) is 0 Å². The molecule has 0 spiro atoms. The maximum Gasteiger partial charge on any atom is 0.220 e. The van der Waals surface area contributed by atoms with Crippen LogP contribution in [0.2, 0.25) is 5.02 Å². The van der Waals surface area contributed by atoms with E-state index in [0.29, 0.717) is 11.4 Å². The lowest BCUT2D eigenvalue weighted by atomic mass is 9.95. The Hall–Kier alpha value is -1.74. The van der Waals surface area contributed by atoms with E-state index < -0.39 is 0 Å². The molecule has 0 fully saturated rings. The van der Waals surface area contributed by atoms with E-state index >= 15 is 0 Å². The maximum absolute atomic E-state index is 12.1. The smallest absolute Gasteiger partial charge is 0.220 e. The van der Waals surface area contributed by atoms with Crippen molar-refractivity contribution in [1.29, 1.82) is 0 Å². The molecule has 112 valence electrons. The lowest BCUT2D eigenvalue weighted by molar-refractivity contribution is -0.122. The molecule has 4 heteroatoms. The van der Waals surface area contributed by atoms with Gasteiger partial charge in [0, 0.05) is 42.3 Å². The quantitative estimate of drug-likeness (QED) is 0.864. The third-order valence-electron chi connectivity index (χ3n) is 3.32. The Kier molecular flexibility index (Phi) is 5.45. The molecule has 21 heavy (non-hydrogen) atoms. The Morgan fingerprint density at radius 2 is 1.81 bits per heavy atom. The van der Waals surface area contributed by atoms with Crippen LogP contribution in [0.4, 0.5) is 0 Å². The van der Waals surface area contributed by atoms with Gasteiger partial charge in [0.2, 0.25) is 5.91 Å². The van der Waals surface area contributed by atoms with Crippen molar-refractivity contribution in [2.24, 2.45) is 0 Å². The highest BCUT2D eigenvalue weighted by Gasteiger charge is 2.17. The molecule has 3 nitrogen and oxygen atoms in total. The van der Waals surface area contributed by atoms with Crippen molar-refractivity contribution >= 4 is 17.5 Å². The summed E-state index contributed by atoms with van der Waals surface area (Å²) in [4.78, 5) is 12.1. The van der Waals surface area contributed by atoms with Gasteiger partial charge in [-0.05, 0) is 43.7 Å². The van der Waals surface area contributed by atoms with Gasteiger partial charge in [0.05, 0.1) is 0 Å². The summed E-state index contributed by atoms with van der Waals surface area (Å²) in [5.41, 5.74) is 1.13. The number of nitrogens with one attached hydrogen (secondary N) is 1. The van der Waals surface area contributed by atoms with Gasteiger partial charge in [-0.3, -0.25) is 4.79 Å². The lowest BCUT2D eigenvalue weighted by Crippen LogP contribution is -2.31. The van der Waals surface area contributed by atoms with Crippen LogP contribution in [0.1, 0.15) is 31.7 Å². The molecule has 0 bridgehead atoms. The number of carbonyl (C=O) groups excluding carboxylic acids is 1. The van der Waals surface area contributed by atoms with Crippen molar-refractivity contribution in [2.45, 2.75) is 38.8 Å². The molecule has 2 aromatic rings. The number of hydrogen-bond acceptors (Lipinski definition) is 1. The first-order chi connectivity index (χ1) is 10.0. The summed E-state index contributed by atoms with van der Waals surface area (Å²) >= 11 is 5.95. The van der Waals surface area contributed by atoms with E-state index in [1.165, 1.54) is 0 Å². The monoisotopic (exact) mass is 304 g/mol. The summed E-state index contributed by atoms with van der Waals surface area (Å²) < 4.78 is 2.10. The summed E-state index contributed by atoms with van der Waals surface area (Å²) in [6.07, 6.45) is 4.50. The Morgan fingerprint density at radius 3 is 2.38 bits per heavy atom. The molecule has 1 N–H and O–H groups in total. The third kappa shape index (κ3) is 4.94. The summed E-state index contributed by atoms with van der Waals surface area (Å²) in [6.45, 7) is 4.72. The molecule has 1 aromatic carbocycles. The number of nitrogens with zero attached hydrogens (tertiary/aromatic N) is 1. The average molecular weight is 305 g/mol. The molecular weight excluding hydrogens is 284 g/mol. The topological polar surface area (TPSA) is 34.0 Å². The summed E-state index contributed by atoms with van der Waals surface area (Å²) in [7, 11) is 0. The minimum Gasteiger partial charge on any atom is -0.354 e. The van der Waals surface area contributed by atoms with E-state index in [1.807, 2.05) is 62.6 Å². The first kappa shape index (κ1) is 15.6. The minimum absolute atomic E-state index is 0.0807. The molecule has 0 saturated heterocycles. The fourth-order valence-electron chi connectivity index (χ4n) is 2.37. The van der Waals surface area contributed by atoms with Crippen LogP contribution in [0.3, 0.4) is 0 Å². The van der Waals surface area contributed by atoms with Crippen LogP contribution in [0.25, 0.3) is 0 Å². The predicted octanol–water partition coefficient (Wildman–Crippen LogP) is 3.84. The van der Waals surface area contributed by atoms with Gasteiger partial charge in [0.25, 0.3) is 0 Å². The molecule has 1 unspecified atom stereocenters.